The molecule has 1 N–H and O–H groups in total. The van der Waals surface area contributed by atoms with Gasteiger partial charge in [0.05, 0.1) is 12.6 Å². The average molecular weight is 270 g/mol. The standard InChI is InChI=1S/C12H18N2O3S/c1-18-12(6-2-3-7-12)9-13-8-10-4-5-11(17-10)14(15)16/h4-5,13H,2-3,6-9H2,1H3. The highest BCUT2D eigenvalue weighted by molar-refractivity contribution is 8.00. The van der Waals surface area contributed by atoms with Gasteiger partial charge in [-0.25, -0.2) is 0 Å². The summed E-state index contributed by atoms with van der Waals surface area (Å²) in [5.74, 6) is 0.434. The van der Waals surface area contributed by atoms with Crippen molar-refractivity contribution >= 4 is 17.6 Å². The summed E-state index contributed by atoms with van der Waals surface area (Å²) in [6.45, 7) is 1.48. The van der Waals surface area contributed by atoms with Crippen LogP contribution in [-0.4, -0.2) is 22.5 Å². The Kier molecular flexibility index (Phi) is 4.29. The molecule has 0 unspecified atom stereocenters. The Bertz CT molecular complexity index is 413. The van der Waals surface area contributed by atoms with E-state index < -0.39 is 4.92 Å². The molecule has 1 aliphatic rings. The van der Waals surface area contributed by atoms with Gasteiger partial charge in [-0.05, 0) is 25.2 Å². The van der Waals surface area contributed by atoms with Gasteiger partial charge in [-0.2, -0.15) is 11.8 Å². The van der Waals surface area contributed by atoms with Gasteiger partial charge in [0.25, 0.3) is 0 Å². The van der Waals surface area contributed by atoms with Gasteiger partial charge >= 0.3 is 5.88 Å². The van der Waals surface area contributed by atoms with Crippen LogP contribution < -0.4 is 5.32 Å². The number of hydrogen-bond donors (Lipinski definition) is 1. The third kappa shape index (κ3) is 3.05. The number of hydrogen-bond acceptors (Lipinski definition) is 5. The van der Waals surface area contributed by atoms with E-state index in [-0.39, 0.29) is 5.88 Å². The minimum absolute atomic E-state index is 0.188. The smallest absolute Gasteiger partial charge is 0.404 e. The van der Waals surface area contributed by atoms with Gasteiger partial charge in [0, 0.05) is 11.3 Å². The van der Waals surface area contributed by atoms with Gasteiger partial charge in [0.15, 0.2) is 0 Å². The van der Waals surface area contributed by atoms with Gasteiger partial charge in [0.2, 0.25) is 0 Å². The minimum atomic E-state index is -0.510. The fourth-order valence-corrected chi connectivity index (χ4v) is 3.39. The molecular formula is C12H18N2O3S. The van der Waals surface area contributed by atoms with Crippen molar-refractivity contribution < 1.29 is 9.34 Å². The summed E-state index contributed by atoms with van der Waals surface area (Å²) >= 11 is 1.92. The molecule has 0 radical (unpaired) electrons. The Morgan fingerprint density at radius 3 is 2.78 bits per heavy atom. The van der Waals surface area contributed by atoms with E-state index in [1.165, 1.54) is 31.7 Å². The molecule has 1 aromatic rings. The van der Waals surface area contributed by atoms with Crippen molar-refractivity contribution in [3.05, 3.63) is 28.0 Å². The highest BCUT2D eigenvalue weighted by Crippen LogP contribution is 2.39. The van der Waals surface area contributed by atoms with Gasteiger partial charge in [-0.3, -0.25) is 10.1 Å². The monoisotopic (exact) mass is 270 g/mol. The van der Waals surface area contributed by atoms with Gasteiger partial charge in [0.1, 0.15) is 10.7 Å². The maximum Gasteiger partial charge on any atom is 0.433 e. The topological polar surface area (TPSA) is 68.3 Å². The van der Waals surface area contributed by atoms with E-state index in [1.807, 2.05) is 11.8 Å². The first-order chi connectivity index (χ1) is 8.65. The molecule has 0 spiro atoms. The Labute approximate surface area is 110 Å². The van der Waals surface area contributed by atoms with Gasteiger partial charge in [-0.1, -0.05) is 12.8 Å². The number of furan rings is 1. The SMILES string of the molecule is CSC1(CNCc2ccc([N+](=O)[O-])o2)CCCC1. The highest BCUT2D eigenvalue weighted by atomic mass is 32.2. The number of rotatable bonds is 6. The molecule has 100 valence electrons. The molecule has 1 heterocycles. The normalized spacial score (nSPS) is 18.1. The number of nitro groups is 1. The van der Waals surface area contributed by atoms with E-state index in [4.69, 9.17) is 4.42 Å². The third-order valence-electron chi connectivity index (χ3n) is 3.52. The molecule has 1 aliphatic carbocycles. The van der Waals surface area contributed by atoms with E-state index in [1.54, 1.807) is 6.07 Å². The van der Waals surface area contributed by atoms with Crippen LogP contribution in [0.25, 0.3) is 0 Å². The zero-order valence-corrected chi connectivity index (χ0v) is 11.3. The van der Waals surface area contributed by atoms with Crippen LogP contribution in [0.15, 0.2) is 16.5 Å². The lowest BCUT2D eigenvalue weighted by molar-refractivity contribution is -0.402. The molecule has 5 nitrogen and oxygen atoms in total. The summed E-state index contributed by atoms with van der Waals surface area (Å²) in [5, 5.41) is 13.8. The lowest BCUT2D eigenvalue weighted by atomic mass is 10.1. The predicted octanol–water partition coefficient (Wildman–Crippen LogP) is 2.95. The minimum Gasteiger partial charge on any atom is -0.404 e. The summed E-state index contributed by atoms with van der Waals surface area (Å²) in [4.78, 5) is 9.97. The van der Waals surface area contributed by atoms with Gasteiger partial charge < -0.3 is 9.73 Å². The second-order valence-corrected chi connectivity index (χ2v) is 5.97. The Balaban J connectivity index is 1.82. The van der Waals surface area contributed by atoms with Crippen LogP contribution in [0.3, 0.4) is 0 Å². The fourth-order valence-electron chi connectivity index (χ4n) is 2.45. The molecule has 0 aliphatic heterocycles. The maximum absolute atomic E-state index is 10.5. The molecule has 18 heavy (non-hydrogen) atoms. The van der Waals surface area contributed by atoms with Crippen molar-refractivity contribution in [2.75, 3.05) is 12.8 Å². The first-order valence-corrected chi connectivity index (χ1v) is 7.37. The summed E-state index contributed by atoms with van der Waals surface area (Å²) in [6, 6.07) is 3.06. The molecule has 1 saturated carbocycles. The van der Waals surface area contributed by atoms with E-state index >= 15 is 0 Å². The van der Waals surface area contributed by atoms with Crippen molar-refractivity contribution in [2.45, 2.75) is 37.0 Å². The van der Waals surface area contributed by atoms with Crippen molar-refractivity contribution in [1.29, 1.82) is 0 Å². The van der Waals surface area contributed by atoms with Crippen molar-refractivity contribution in [2.24, 2.45) is 0 Å². The average Bonchev–Trinajstić information content (AvgIpc) is 2.98. The molecule has 0 bridgehead atoms. The lowest BCUT2D eigenvalue weighted by Crippen LogP contribution is -2.34. The summed E-state index contributed by atoms with van der Waals surface area (Å²) in [7, 11) is 0. The van der Waals surface area contributed by atoms with Crippen LogP contribution in [0.1, 0.15) is 31.4 Å². The number of thioether (sulfide) groups is 1. The maximum atomic E-state index is 10.5. The second kappa shape index (κ2) is 5.75. The molecule has 0 amide bonds. The van der Waals surface area contributed by atoms with E-state index in [0.29, 0.717) is 17.1 Å². The Morgan fingerprint density at radius 2 is 2.22 bits per heavy atom. The van der Waals surface area contributed by atoms with Crippen LogP contribution in [0.4, 0.5) is 5.88 Å². The predicted molar refractivity (Wildman–Crippen MR) is 71.8 cm³/mol. The summed E-state index contributed by atoms with van der Waals surface area (Å²) in [5.41, 5.74) is 0. The number of nitrogens with one attached hydrogen (secondary N) is 1. The van der Waals surface area contributed by atoms with E-state index in [2.05, 4.69) is 11.6 Å². The molecule has 0 atom stereocenters. The molecule has 0 aromatic carbocycles. The molecule has 6 heteroatoms. The van der Waals surface area contributed by atoms with Crippen molar-refractivity contribution in [3.8, 4) is 0 Å². The molecule has 1 aromatic heterocycles. The van der Waals surface area contributed by atoms with Crippen LogP contribution in [-0.2, 0) is 6.54 Å². The van der Waals surface area contributed by atoms with Crippen LogP contribution in [0.5, 0.6) is 0 Å². The molecular weight excluding hydrogens is 252 g/mol. The zero-order chi connectivity index (χ0) is 13.0. The van der Waals surface area contributed by atoms with E-state index in [9.17, 15) is 10.1 Å². The number of nitrogens with zero attached hydrogens (tertiary/aromatic N) is 1. The molecule has 2 rings (SSSR count). The zero-order valence-electron chi connectivity index (χ0n) is 10.5. The second-order valence-electron chi connectivity index (χ2n) is 4.69. The Hall–Kier alpha value is -1.01. The first-order valence-electron chi connectivity index (χ1n) is 6.14. The first kappa shape index (κ1) is 13.4. The van der Waals surface area contributed by atoms with Crippen LogP contribution in [0, 0.1) is 10.1 Å². The van der Waals surface area contributed by atoms with Crippen LogP contribution >= 0.6 is 11.8 Å². The van der Waals surface area contributed by atoms with Gasteiger partial charge in [-0.15, -0.1) is 0 Å². The summed E-state index contributed by atoms with van der Waals surface area (Å²) in [6.07, 6.45) is 7.26. The highest BCUT2D eigenvalue weighted by Gasteiger charge is 2.32. The van der Waals surface area contributed by atoms with Crippen molar-refractivity contribution in [1.82, 2.24) is 5.32 Å². The fraction of sp³-hybridized carbons (Fsp3) is 0.667. The van der Waals surface area contributed by atoms with Crippen molar-refractivity contribution in [3.63, 3.8) is 0 Å². The molecule has 1 fully saturated rings. The third-order valence-corrected chi connectivity index (χ3v) is 4.94. The Morgan fingerprint density at radius 1 is 1.50 bits per heavy atom. The quantitative estimate of drug-likeness (QED) is 0.635. The van der Waals surface area contributed by atoms with Crippen LogP contribution in [0.2, 0.25) is 0 Å². The largest absolute Gasteiger partial charge is 0.433 e. The summed E-state index contributed by atoms with van der Waals surface area (Å²) < 4.78 is 5.45. The molecule has 0 saturated heterocycles. The lowest BCUT2D eigenvalue weighted by Gasteiger charge is -2.26. The van der Waals surface area contributed by atoms with E-state index in [0.717, 1.165) is 6.54 Å².